The summed E-state index contributed by atoms with van der Waals surface area (Å²) in [5.41, 5.74) is 24.2. The van der Waals surface area contributed by atoms with E-state index in [1.54, 1.807) is 0 Å². The van der Waals surface area contributed by atoms with Crippen LogP contribution in [0.4, 0.5) is 0 Å². The first-order valence-electron chi connectivity index (χ1n) is 33.0. The van der Waals surface area contributed by atoms with Crippen LogP contribution in [-0.4, -0.2) is 17.9 Å². The fourth-order valence-corrected chi connectivity index (χ4v) is 19.6. The second-order valence-corrected chi connectivity index (χ2v) is 28.4. The largest absolute Gasteiger partial charge is 0.309 e. The smallest absolute Gasteiger partial charge is 0.0635 e. The van der Waals surface area contributed by atoms with Gasteiger partial charge in [-0.15, -0.1) is 22.7 Å². The third-order valence-corrected chi connectivity index (χ3v) is 23.8. The van der Waals surface area contributed by atoms with Gasteiger partial charge in [0, 0.05) is 116 Å². The lowest BCUT2D eigenvalue weighted by Gasteiger charge is -2.10. The zero-order valence-electron chi connectivity index (χ0n) is 51.5. The summed E-state index contributed by atoms with van der Waals surface area (Å²) in [6.07, 6.45) is 0. The van der Waals surface area contributed by atoms with Gasteiger partial charge in [-0.25, -0.2) is 0 Å². The van der Waals surface area contributed by atoms with E-state index in [4.69, 9.17) is 0 Å². The average Bonchev–Trinajstić information content (AvgIpc) is 1.51. The van der Waals surface area contributed by atoms with Gasteiger partial charge >= 0.3 is 0 Å². The molecule has 0 saturated heterocycles. The van der Waals surface area contributed by atoms with Gasteiger partial charge in [0.25, 0.3) is 0 Å². The first-order chi connectivity index (χ1) is 47.6. The van der Waals surface area contributed by atoms with Gasteiger partial charge in [0.1, 0.15) is 0 Å². The van der Waals surface area contributed by atoms with E-state index in [1.807, 2.05) is 22.7 Å². The van der Waals surface area contributed by atoms with E-state index >= 15 is 0 Å². The Morgan fingerprint density at radius 3 is 0.854 bits per heavy atom. The number of aromatic nitrogens is 4. The molecule has 23 aromatic rings. The van der Waals surface area contributed by atoms with E-state index in [2.05, 4.69) is 321 Å². The van der Waals surface area contributed by atoms with Crippen LogP contribution in [-0.2, 0) is 0 Å². The fourth-order valence-electron chi connectivity index (χ4n) is 17.2. The molecule has 8 heterocycles. The zero-order chi connectivity index (χ0) is 62.2. The molecule has 96 heavy (non-hydrogen) atoms. The molecule has 0 aliphatic carbocycles. The summed E-state index contributed by atoms with van der Waals surface area (Å²) in [6, 6.07) is 114. The van der Waals surface area contributed by atoms with E-state index in [1.165, 1.54) is 205 Å². The Morgan fingerprint density at radius 1 is 0.188 bits per heavy atom. The molecule has 0 aliphatic heterocycles. The first kappa shape index (κ1) is 51.4. The molecular weight excluding hydrogens is 1200 g/mol. The van der Waals surface area contributed by atoms with Crippen LogP contribution in [0.15, 0.2) is 303 Å². The van der Waals surface area contributed by atoms with Crippen LogP contribution >= 0.6 is 22.7 Å². The molecular formula is C90H50N4S2. The van der Waals surface area contributed by atoms with Crippen LogP contribution < -0.4 is 0 Å². The van der Waals surface area contributed by atoms with E-state index in [0.29, 0.717) is 0 Å². The predicted octanol–water partition coefficient (Wildman–Crippen LogP) is 25.6. The van der Waals surface area contributed by atoms with Crippen molar-refractivity contribution in [2.45, 2.75) is 0 Å². The van der Waals surface area contributed by atoms with Gasteiger partial charge in [0.15, 0.2) is 0 Å². The Labute approximate surface area is 556 Å². The Morgan fingerprint density at radius 2 is 0.500 bits per heavy atom. The summed E-state index contributed by atoms with van der Waals surface area (Å²) >= 11 is 3.86. The Bertz CT molecular complexity index is 6650. The molecule has 0 saturated carbocycles. The van der Waals surface area contributed by atoms with Gasteiger partial charge < -0.3 is 17.9 Å². The monoisotopic (exact) mass is 1250 g/mol. The fraction of sp³-hybridized carbons (Fsp3) is 0. The first-order valence-corrected chi connectivity index (χ1v) is 34.7. The van der Waals surface area contributed by atoms with E-state index in [0.717, 1.165) is 11.4 Å². The number of fused-ring (bicyclic) bond motifs is 26. The lowest BCUT2D eigenvalue weighted by atomic mass is 10.0. The highest BCUT2D eigenvalue weighted by atomic mass is 32.1. The number of thiophene rings is 2. The minimum absolute atomic E-state index is 1.15. The molecule has 4 nitrogen and oxygen atoms in total. The molecule has 0 N–H and O–H groups in total. The van der Waals surface area contributed by atoms with Crippen molar-refractivity contribution < 1.29 is 0 Å². The molecule has 0 aliphatic rings. The summed E-state index contributed by atoms with van der Waals surface area (Å²) < 4.78 is 15.6. The minimum Gasteiger partial charge on any atom is -0.309 e. The highest BCUT2D eigenvalue weighted by molar-refractivity contribution is 7.27. The topological polar surface area (TPSA) is 18.7 Å². The van der Waals surface area contributed by atoms with Crippen molar-refractivity contribution >= 4 is 183 Å². The second-order valence-electron chi connectivity index (χ2n) is 26.3. The highest BCUT2D eigenvalue weighted by Crippen LogP contribution is 2.53. The van der Waals surface area contributed by atoms with E-state index in [9.17, 15) is 0 Å². The Hall–Kier alpha value is -12.1. The highest BCUT2D eigenvalue weighted by Gasteiger charge is 2.28. The molecule has 442 valence electrons. The number of hydrogen-bond donors (Lipinski definition) is 0. The maximum Gasteiger partial charge on any atom is 0.0635 e. The normalized spacial score (nSPS) is 12.6. The average molecular weight is 1250 g/mol. The van der Waals surface area contributed by atoms with Crippen LogP contribution in [0.25, 0.3) is 216 Å². The third-order valence-electron chi connectivity index (χ3n) is 21.4. The van der Waals surface area contributed by atoms with Crippen LogP contribution in [0.1, 0.15) is 0 Å². The third kappa shape index (κ3) is 6.85. The zero-order valence-corrected chi connectivity index (χ0v) is 53.1. The van der Waals surface area contributed by atoms with Gasteiger partial charge in [0.05, 0.1) is 55.2 Å². The summed E-state index contributed by atoms with van der Waals surface area (Å²) in [5, 5.41) is 20.5. The molecule has 0 fully saturated rings. The number of hydrogen-bond acceptors (Lipinski definition) is 2. The molecule has 15 aromatic carbocycles. The number of nitrogens with zero attached hydrogens (tertiary/aromatic N) is 4. The van der Waals surface area contributed by atoms with Crippen molar-refractivity contribution in [3.8, 4) is 55.9 Å². The minimum atomic E-state index is 1.15. The van der Waals surface area contributed by atoms with Crippen LogP contribution in [0.2, 0.25) is 0 Å². The van der Waals surface area contributed by atoms with Crippen molar-refractivity contribution in [1.29, 1.82) is 0 Å². The van der Waals surface area contributed by atoms with Crippen molar-refractivity contribution in [2.75, 3.05) is 0 Å². The molecule has 0 atom stereocenters. The standard InChI is InChI=1S/C90H50N4S2/c1-5-17-51(18-6-1)55-29-35-75-63(41-55)64-42-56(52-19-7-2-8-20-52)30-36-76(64)91(75)59-33-39-79-73(45-59)85-87-69(47-71-61-25-13-15-27-83(61)95-89(71)85)67-50-82-68(49-81(67)93(79)87)70-48-72-62-26-14-16-28-84(62)96-90(72)86-74-46-60(34-40-80(74)94(82)88(70)86)92-77-37-31-57(53-21-9-3-10-22-53)43-65(77)66-44-58(32-38-78(66)92)54-23-11-4-12-24-54/h1-50H. The van der Waals surface area contributed by atoms with E-state index < -0.39 is 0 Å². The Kier molecular flexibility index (Phi) is 10.1. The van der Waals surface area contributed by atoms with Gasteiger partial charge in [-0.1, -0.05) is 182 Å². The van der Waals surface area contributed by atoms with E-state index in [-0.39, 0.29) is 0 Å². The molecule has 0 unspecified atom stereocenters. The maximum atomic E-state index is 2.62. The molecule has 23 rings (SSSR count). The van der Waals surface area contributed by atoms with Crippen molar-refractivity contribution in [1.82, 2.24) is 17.9 Å². The molecule has 0 amide bonds. The second kappa shape index (κ2) is 18.8. The predicted molar refractivity (Wildman–Crippen MR) is 412 cm³/mol. The molecule has 0 bridgehead atoms. The van der Waals surface area contributed by atoms with Gasteiger partial charge in [-0.05, 0) is 166 Å². The number of benzene rings is 15. The van der Waals surface area contributed by atoms with Crippen molar-refractivity contribution in [3.63, 3.8) is 0 Å². The van der Waals surface area contributed by atoms with Gasteiger partial charge in [-0.3, -0.25) is 0 Å². The summed E-state index contributed by atoms with van der Waals surface area (Å²) in [6.45, 7) is 0. The SMILES string of the molecule is c1ccc(-c2ccc3c(c2)c2cc(-c4ccccc4)ccc2n3-c2ccc3c(c2)c2c4sc5ccccc5c4cc4c5cc6c(cc5n3c42)c2cc3c4ccccc4sc3c3c4cc(-n5c7ccc(-c8ccccc8)cc7c7cc(-c8ccccc8)ccc75)ccc4n6c23)cc1. The molecule has 8 aromatic heterocycles. The van der Waals surface area contributed by atoms with Crippen LogP contribution in [0.5, 0.6) is 0 Å². The molecule has 6 heteroatoms. The molecule has 0 radical (unpaired) electrons. The lowest BCUT2D eigenvalue weighted by molar-refractivity contribution is 1.18. The van der Waals surface area contributed by atoms with Crippen LogP contribution in [0.3, 0.4) is 0 Å². The molecule has 0 spiro atoms. The van der Waals surface area contributed by atoms with Crippen LogP contribution in [0, 0.1) is 0 Å². The quantitative estimate of drug-likeness (QED) is 0.158. The van der Waals surface area contributed by atoms with Crippen molar-refractivity contribution in [3.05, 3.63) is 303 Å². The van der Waals surface area contributed by atoms with Gasteiger partial charge in [-0.2, -0.15) is 0 Å². The summed E-state index contributed by atoms with van der Waals surface area (Å²) in [4.78, 5) is 0. The van der Waals surface area contributed by atoms with Crippen molar-refractivity contribution in [2.24, 2.45) is 0 Å². The number of rotatable bonds is 6. The summed E-state index contributed by atoms with van der Waals surface area (Å²) in [5.74, 6) is 0. The maximum absolute atomic E-state index is 2.62. The lowest BCUT2D eigenvalue weighted by Crippen LogP contribution is -1.94. The van der Waals surface area contributed by atoms with Gasteiger partial charge in [0.2, 0.25) is 0 Å². The summed E-state index contributed by atoms with van der Waals surface area (Å²) in [7, 11) is 0. The Balaban J connectivity index is 0.787.